The highest BCUT2D eigenvalue weighted by molar-refractivity contribution is 5.93. The summed E-state index contributed by atoms with van der Waals surface area (Å²) < 4.78 is 0. The molecular formula is C15H18N2O. The van der Waals surface area contributed by atoms with Crippen LogP contribution in [0.3, 0.4) is 0 Å². The van der Waals surface area contributed by atoms with Gasteiger partial charge in [-0.3, -0.25) is 4.79 Å². The van der Waals surface area contributed by atoms with E-state index < -0.39 is 0 Å². The van der Waals surface area contributed by atoms with Crippen LogP contribution in [0.4, 0.5) is 5.69 Å². The molecular weight excluding hydrogens is 224 g/mol. The van der Waals surface area contributed by atoms with Crippen molar-refractivity contribution in [3.8, 4) is 0 Å². The van der Waals surface area contributed by atoms with Crippen molar-refractivity contribution < 1.29 is 4.79 Å². The first-order chi connectivity index (χ1) is 8.72. The molecule has 1 amide bonds. The average molecular weight is 242 g/mol. The number of rotatable bonds is 4. The molecule has 1 aromatic carbocycles. The van der Waals surface area contributed by atoms with Gasteiger partial charge >= 0.3 is 0 Å². The van der Waals surface area contributed by atoms with Crippen molar-refractivity contribution in [1.29, 1.82) is 0 Å². The number of hydrogen-bond donors (Lipinski definition) is 2. The van der Waals surface area contributed by atoms with Crippen LogP contribution in [-0.4, -0.2) is 12.5 Å². The van der Waals surface area contributed by atoms with E-state index in [9.17, 15) is 4.79 Å². The lowest BCUT2D eigenvalue weighted by Gasteiger charge is -2.19. The summed E-state index contributed by atoms with van der Waals surface area (Å²) in [5.41, 5.74) is 6.82. The maximum Gasteiger partial charge on any atom is 0.248 e. The Balaban J connectivity index is 1.62. The van der Waals surface area contributed by atoms with Gasteiger partial charge < -0.3 is 11.1 Å². The second-order valence-electron chi connectivity index (χ2n) is 5.37. The second kappa shape index (κ2) is 4.48. The lowest BCUT2D eigenvalue weighted by molar-refractivity contribution is 0.100. The third-order valence-corrected chi connectivity index (χ3v) is 4.13. The Kier molecular flexibility index (Phi) is 2.82. The molecule has 0 radical (unpaired) electrons. The monoisotopic (exact) mass is 242 g/mol. The molecule has 1 aromatic rings. The fraction of sp³-hybridized carbons (Fsp3) is 0.400. The van der Waals surface area contributed by atoms with E-state index in [1.807, 2.05) is 18.2 Å². The summed E-state index contributed by atoms with van der Waals surface area (Å²) in [5.74, 6) is 1.92. The zero-order valence-electron chi connectivity index (χ0n) is 10.3. The number of fused-ring (bicyclic) bond motifs is 2. The van der Waals surface area contributed by atoms with Gasteiger partial charge in [-0.2, -0.15) is 0 Å². The molecule has 3 heteroatoms. The predicted molar refractivity (Wildman–Crippen MR) is 72.3 cm³/mol. The van der Waals surface area contributed by atoms with Crippen LogP contribution >= 0.6 is 0 Å². The summed E-state index contributed by atoms with van der Waals surface area (Å²) in [5, 5.41) is 3.43. The Bertz CT molecular complexity index is 495. The average Bonchev–Trinajstić information content (AvgIpc) is 2.99. The fourth-order valence-electron chi connectivity index (χ4n) is 3.16. The minimum Gasteiger partial charge on any atom is -0.385 e. The highest BCUT2D eigenvalue weighted by Gasteiger charge is 2.35. The Morgan fingerprint density at radius 3 is 2.89 bits per heavy atom. The van der Waals surface area contributed by atoms with Crippen molar-refractivity contribution in [3.63, 3.8) is 0 Å². The predicted octanol–water partition coefficient (Wildman–Crippen LogP) is 2.41. The van der Waals surface area contributed by atoms with Gasteiger partial charge in [-0.1, -0.05) is 18.2 Å². The van der Waals surface area contributed by atoms with E-state index in [0.29, 0.717) is 5.56 Å². The van der Waals surface area contributed by atoms with Crippen LogP contribution in [0.5, 0.6) is 0 Å². The molecule has 3 nitrogen and oxygen atoms in total. The number of hydrogen-bond acceptors (Lipinski definition) is 2. The molecule has 18 heavy (non-hydrogen) atoms. The largest absolute Gasteiger partial charge is 0.385 e. The van der Waals surface area contributed by atoms with E-state index in [1.165, 1.54) is 12.8 Å². The minimum atomic E-state index is -0.374. The summed E-state index contributed by atoms with van der Waals surface area (Å²) in [4.78, 5) is 11.1. The lowest BCUT2D eigenvalue weighted by atomic mass is 9.93. The highest BCUT2D eigenvalue weighted by Crippen LogP contribution is 2.43. The maximum absolute atomic E-state index is 11.1. The molecule has 2 bridgehead atoms. The van der Waals surface area contributed by atoms with Gasteiger partial charge in [0.15, 0.2) is 0 Å². The van der Waals surface area contributed by atoms with Crippen molar-refractivity contribution >= 4 is 11.6 Å². The lowest BCUT2D eigenvalue weighted by Crippen LogP contribution is -2.18. The zero-order valence-corrected chi connectivity index (χ0v) is 10.3. The van der Waals surface area contributed by atoms with Crippen molar-refractivity contribution in [2.24, 2.45) is 23.5 Å². The first-order valence-corrected chi connectivity index (χ1v) is 6.54. The minimum absolute atomic E-state index is 0.374. The molecule has 0 aliphatic heterocycles. The van der Waals surface area contributed by atoms with Crippen LogP contribution in [0.25, 0.3) is 0 Å². The molecule has 2 aliphatic rings. The van der Waals surface area contributed by atoms with Gasteiger partial charge in [-0.25, -0.2) is 0 Å². The van der Waals surface area contributed by atoms with Gasteiger partial charge in [0.25, 0.3) is 0 Å². The number of nitrogens with one attached hydrogen (secondary N) is 1. The summed E-state index contributed by atoms with van der Waals surface area (Å²) in [6.07, 6.45) is 7.34. The molecule has 0 spiro atoms. The summed E-state index contributed by atoms with van der Waals surface area (Å²) in [6.45, 7) is 0.980. The first kappa shape index (κ1) is 11.3. The van der Waals surface area contributed by atoms with Crippen LogP contribution in [-0.2, 0) is 0 Å². The van der Waals surface area contributed by atoms with Crippen LogP contribution in [0.15, 0.2) is 36.4 Å². The van der Waals surface area contributed by atoms with Crippen LogP contribution in [0.1, 0.15) is 23.2 Å². The molecule has 3 rings (SSSR count). The topological polar surface area (TPSA) is 55.1 Å². The van der Waals surface area contributed by atoms with Gasteiger partial charge in [-0.15, -0.1) is 0 Å². The summed E-state index contributed by atoms with van der Waals surface area (Å²) >= 11 is 0. The van der Waals surface area contributed by atoms with Crippen molar-refractivity contribution in [1.82, 2.24) is 0 Å². The Labute approximate surface area is 107 Å². The van der Waals surface area contributed by atoms with Crippen LogP contribution in [0.2, 0.25) is 0 Å². The van der Waals surface area contributed by atoms with Gasteiger partial charge in [0.1, 0.15) is 0 Å². The van der Waals surface area contributed by atoms with E-state index in [2.05, 4.69) is 17.5 Å². The second-order valence-corrected chi connectivity index (χ2v) is 5.37. The van der Waals surface area contributed by atoms with E-state index >= 15 is 0 Å². The molecule has 1 fully saturated rings. The number of benzene rings is 1. The van der Waals surface area contributed by atoms with E-state index in [4.69, 9.17) is 5.73 Å². The summed E-state index contributed by atoms with van der Waals surface area (Å²) in [6, 6.07) is 7.41. The smallest absolute Gasteiger partial charge is 0.248 e. The molecule has 94 valence electrons. The van der Waals surface area contributed by atoms with Gasteiger partial charge in [0, 0.05) is 17.8 Å². The van der Waals surface area contributed by atoms with Crippen molar-refractivity contribution in [3.05, 3.63) is 42.0 Å². The Morgan fingerprint density at radius 1 is 1.33 bits per heavy atom. The number of amides is 1. The SMILES string of the molecule is NC(=O)c1cccc(NC[C@H]2C[C@H]3C=C[C@H]2C3)c1. The number of carbonyl (C=O) groups excluding carboxylic acids is 1. The third kappa shape index (κ3) is 2.13. The molecule has 1 saturated carbocycles. The molecule has 3 N–H and O–H groups in total. The highest BCUT2D eigenvalue weighted by atomic mass is 16.1. The first-order valence-electron chi connectivity index (χ1n) is 6.54. The number of carbonyl (C=O) groups is 1. The van der Waals surface area contributed by atoms with Gasteiger partial charge in [0.05, 0.1) is 0 Å². The molecule has 2 aliphatic carbocycles. The van der Waals surface area contributed by atoms with Crippen LogP contribution < -0.4 is 11.1 Å². The number of nitrogens with two attached hydrogens (primary N) is 1. The maximum atomic E-state index is 11.1. The van der Waals surface area contributed by atoms with Crippen molar-refractivity contribution in [2.45, 2.75) is 12.8 Å². The number of allylic oxidation sites excluding steroid dienone is 2. The normalized spacial score (nSPS) is 28.6. The molecule has 3 atom stereocenters. The molecule has 0 unspecified atom stereocenters. The fourth-order valence-corrected chi connectivity index (χ4v) is 3.16. The number of anilines is 1. The van der Waals surface area contributed by atoms with Crippen molar-refractivity contribution in [2.75, 3.05) is 11.9 Å². The van der Waals surface area contributed by atoms with E-state index in [1.54, 1.807) is 6.07 Å². The third-order valence-electron chi connectivity index (χ3n) is 4.13. The van der Waals surface area contributed by atoms with Crippen LogP contribution in [0, 0.1) is 17.8 Å². The Morgan fingerprint density at radius 2 is 2.22 bits per heavy atom. The van der Waals surface area contributed by atoms with E-state index in [-0.39, 0.29) is 5.91 Å². The number of primary amides is 1. The summed E-state index contributed by atoms with van der Waals surface area (Å²) in [7, 11) is 0. The van der Waals surface area contributed by atoms with Gasteiger partial charge in [0.2, 0.25) is 5.91 Å². The zero-order chi connectivity index (χ0) is 12.5. The molecule has 0 saturated heterocycles. The Hall–Kier alpha value is -1.77. The van der Waals surface area contributed by atoms with Gasteiger partial charge in [-0.05, 0) is 48.8 Å². The molecule has 0 heterocycles. The molecule has 0 aromatic heterocycles. The van der Waals surface area contributed by atoms with E-state index in [0.717, 1.165) is 30.0 Å². The quantitative estimate of drug-likeness (QED) is 0.797. The standard InChI is InChI=1S/C15H18N2O/c16-15(18)12-2-1-3-14(8-12)17-9-13-7-10-4-5-11(13)6-10/h1-5,8,10-11,13,17H,6-7,9H2,(H2,16,18)/t10-,11-,13+/m0/s1.